The monoisotopic (exact) mass is 556 g/mol. The molecule has 0 saturated heterocycles. The second kappa shape index (κ2) is 12.1. The number of aliphatic hydroxyl groups excluding tert-OH is 1. The molecule has 4 aliphatic rings. The van der Waals surface area contributed by atoms with Gasteiger partial charge in [0.1, 0.15) is 5.82 Å². The van der Waals surface area contributed by atoms with Gasteiger partial charge in [0.05, 0.1) is 24.0 Å². The van der Waals surface area contributed by atoms with Crippen molar-refractivity contribution in [3.63, 3.8) is 0 Å². The van der Waals surface area contributed by atoms with Crippen LogP contribution in [0.15, 0.2) is 89.3 Å². The highest BCUT2D eigenvalue weighted by atomic mass is 19.1. The minimum Gasteiger partial charge on any atom is -0.395 e. The number of halogens is 1. The Morgan fingerprint density at radius 3 is 2.59 bits per heavy atom. The number of fused-ring (bicyclic) bond motifs is 1. The smallest absolute Gasteiger partial charge is 0.318 e. The van der Waals surface area contributed by atoms with Gasteiger partial charge < -0.3 is 20.7 Å². The topological polar surface area (TPSA) is 67.8 Å². The molecule has 3 N–H and O–H groups in total. The molecule has 3 atom stereocenters. The number of hydrogen-bond acceptors (Lipinski definition) is 4. The summed E-state index contributed by atoms with van der Waals surface area (Å²) in [5.41, 5.74) is 10.6. The van der Waals surface area contributed by atoms with Crippen molar-refractivity contribution in [2.45, 2.75) is 70.4 Å². The molecule has 1 aliphatic heterocycles. The van der Waals surface area contributed by atoms with Gasteiger partial charge in [0.25, 0.3) is 0 Å². The maximum Gasteiger partial charge on any atom is 0.318 e. The minimum atomic E-state index is -0.242. The van der Waals surface area contributed by atoms with Crippen LogP contribution < -0.4 is 15.8 Å². The zero-order valence-electron chi connectivity index (χ0n) is 23.9. The molecule has 6 nitrogen and oxygen atoms in total. The molecule has 6 rings (SSSR count). The molecule has 216 valence electrons. The fourth-order valence-corrected chi connectivity index (χ4v) is 7.39. The Hall–Kier alpha value is -3.58. The van der Waals surface area contributed by atoms with E-state index in [1.54, 1.807) is 12.1 Å². The van der Waals surface area contributed by atoms with Crippen molar-refractivity contribution in [1.82, 2.24) is 15.6 Å². The first-order valence-electron chi connectivity index (χ1n) is 15.2. The third-order valence-corrected chi connectivity index (χ3v) is 9.42. The first-order chi connectivity index (χ1) is 20.0. The number of anilines is 1. The Bertz CT molecular complexity index is 1330. The molecule has 2 amide bonds. The van der Waals surface area contributed by atoms with Crippen LogP contribution in [0.4, 0.5) is 14.9 Å². The number of hydrogen-bond donors (Lipinski definition) is 3. The van der Waals surface area contributed by atoms with Crippen molar-refractivity contribution in [3.8, 4) is 0 Å². The third-order valence-electron chi connectivity index (χ3n) is 9.42. The molecule has 3 aliphatic carbocycles. The van der Waals surface area contributed by atoms with Crippen LogP contribution in [0.2, 0.25) is 0 Å². The van der Waals surface area contributed by atoms with E-state index in [-0.39, 0.29) is 36.5 Å². The Kier molecular flexibility index (Phi) is 8.15. The van der Waals surface area contributed by atoms with Gasteiger partial charge in [-0.1, -0.05) is 62.1 Å². The molecule has 1 saturated carbocycles. The van der Waals surface area contributed by atoms with Crippen molar-refractivity contribution < 1.29 is 14.3 Å². The number of benzene rings is 2. The Labute approximate surface area is 242 Å². The van der Waals surface area contributed by atoms with E-state index < -0.39 is 0 Å². The van der Waals surface area contributed by atoms with Gasteiger partial charge >= 0.3 is 6.03 Å². The lowest BCUT2D eigenvalue weighted by Crippen LogP contribution is -2.49. The highest BCUT2D eigenvalue weighted by Crippen LogP contribution is 2.49. The summed E-state index contributed by atoms with van der Waals surface area (Å²) in [4.78, 5) is 15.6. The Balaban J connectivity index is 1.24. The molecule has 0 spiro atoms. The number of allylic oxidation sites excluding steroid dienone is 4. The molecule has 0 aromatic heterocycles. The fraction of sp³-hybridized carbons (Fsp3) is 0.441. The van der Waals surface area contributed by atoms with E-state index in [9.17, 15) is 14.3 Å². The van der Waals surface area contributed by atoms with E-state index >= 15 is 0 Å². The lowest BCUT2D eigenvalue weighted by atomic mass is 9.78. The largest absolute Gasteiger partial charge is 0.395 e. The van der Waals surface area contributed by atoms with Gasteiger partial charge in [0.15, 0.2) is 0 Å². The number of hydrazine groups is 1. The first kappa shape index (κ1) is 27.6. The second-order valence-corrected chi connectivity index (χ2v) is 11.9. The van der Waals surface area contributed by atoms with Crippen molar-refractivity contribution in [2.75, 3.05) is 18.2 Å². The average Bonchev–Trinajstić information content (AvgIpc) is 3.62. The minimum absolute atomic E-state index is 0.0247. The Morgan fingerprint density at radius 1 is 1.10 bits per heavy atom. The van der Waals surface area contributed by atoms with Crippen molar-refractivity contribution in [1.29, 1.82) is 0 Å². The summed E-state index contributed by atoms with van der Waals surface area (Å²) in [6.45, 7) is 2.63. The summed E-state index contributed by atoms with van der Waals surface area (Å²) in [5, 5.41) is 15.2. The highest BCUT2D eigenvalue weighted by Gasteiger charge is 2.39. The number of carbonyl (C=O) groups is 1. The van der Waals surface area contributed by atoms with Gasteiger partial charge in [-0.2, -0.15) is 0 Å². The van der Waals surface area contributed by atoms with E-state index in [1.165, 1.54) is 35.3 Å². The molecule has 41 heavy (non-hydrogen) atoms. The summed E-state index contributed by atoms with van der Waals surface area (Å²) >= 11 is 0. The van der Waals surface area contributed by atoms with Gasteiger partial charge in [-0.25, -0.2) is 9.18 Å². The molecule has 1 fully saturated rings. The van der Waals surface area contributed by atoms with Crippen LogP contribution in [-0.2, 0) is 0 Å². The standard InChI is InChI=1S/C34H41FN4O2/c1-23-30-22-36-39(29-16-14-27(35)15-17-29)32(30)21-26-13-12-25(33(23)26)20-31(24-8-4-2-5-9-24)37-34(41)38(18-19-40)28-10-6-3-7-11-28/h2,4-5,8-9,14-17,21-23,25,28,31,36,40H,3,6-7,10-13,18-20H2,1H3,(H,37,41)/t23-,25+,31?/m0/s1. The number of nitrogens with zero attached hydrogens (tertiary/aromatic N) is 2. The first-order valence-corrected chi connectivity index (χ1v) is 15.2. The van der Waals surface area contributed by atoms with E-state index in [0.717, 1.165) is 61.9 Å². The van der Waals surface area contributed by atoms with Crippen molar-refractivity contribution in [2.24, 2.45) is 11.8 Å². The van der Waals surface area contributed by atoms with Gasteiger partial charge in [-0.3, -0.25) is 5.01 Å². The average molecular weight is 557 g/mol. The normalized spacial score (nSPS) is 22.9. The number of urea groups is 1. The maximum atomic E-state index is 13.7. The molecule has 2 aromatic carbocycles. The number of nitrogens with one attached hydrogen (secondary N) is 2. The molecular formula is C34H41FN4O2. The molecule has 0 radical (unpaired) electrons. The van der Waals surface area contributed by atoms with E-state index in [1.807, 2.05) is 28.1 Å². The van der Waals surface area contributed by atoms with Gasteiger partial charge in [-0.15, -0.1) is 0 Å². The summed E-state index contributed by atoms with van der Waals surface area (Å²) in [6, 6.07) is 16.9. The van der Waals surface area contributed by atoms with Crippen LogP contribution in [0.3, 0.4) is 0 Å². The lowest BCUT2D eigenvalue weighted by Gasteiger charge is -2.36. The van der Waals surface area contributed by atoms with Gasteiger partial charge in [0.2, 0.25) is 0 Å². The molecule has 1 unspecified atom stereocenters. The Morgan fingerprint density at radius 2 is 1.85 bits per heavy atom. The number of carbonyl (C=O) groups excluding carboxylic acids is 1. The van der Waals surface area contributed by atoms with Crippen LogP contribution in [0, 0.1) is 17.7 Å². The predicted octanol–water partition coefficient (Wildman–Crippen LogP) is 6.74. The van der Waals surface area contributed by atoms with Crippen LogP contribution in [0.5, 0.6) is 0 Å². The SMILES string of the molecule is C[C@H]1C2=CNN(c3ccc(F)cc3)C2=CC2=C1[C@@H](CC(NC(=O)N(CCO)C1CCCCC1)c1ccccc1)CC2. The zero-order chi connectivity index (χ0) is 28.3. The summed E-state index contributed by atoms with van der Waals surface area (Å²) in [5.74, 6) is 0.356. The number of amides is 2. The zero-order valence-corrected chi connectivity index (χ0v) is 23.9. The van der Waals surface area contributed by atoms with Crippen molar-refractivity contribution >= 4 is 11.7 Å². The fourth-order valence-electron chi connectivity index (χ4n) is 7.39. The lowest BCUT2D eigenvalue weighted by molar-refractivity contribution is 0.131. The van der Waals surface area contributed by atoms with Gasteiger partial charge in [-0.05, 0) is 79.5 Å². The predicted molar refractivity (Wildman–Crippen MR) is 160 cm³/mol. The second-order valence-electron chi connectivity index (χ2n) is 11.9. The number of rotatable bonds is 8. The van der Waals surface area contributed by atoms with Crippen LogP contribution in [-0.4, -0.2) is 35.2 Å². The van der Waals surface area contributed by atoms with Gasteiger partial charge in [0, 0.05) is 30.3 Å². The quantitative estimate of drug-likeness (QED) is 0.337. The molecule has 0 bridgehead atoms. The molecule has 2 aromatic rings. The summed E-state index contributed by atoms with van der Waals surface area (Å²) < 4.78 is 13.6. The van der Waals surface area contributed by atoms with Crippen LogP contribution >= 0.6 is 0 Å². The summed E-state index contributed by atoms with van der Waals surface area (Å²) in [6.07, 6.45) is 12.8. The van der Waals surface area contributed by atoms with Crippen LogP contribution in [0.25, 0.3) is 0 Å². The summed E-state index contributed by atoms with van der Waals surface area (Å²) in [7, 11) is 0. The molecule has 7 heteroatoms. The maximum absolute atomic E-state index is 13.7. The third kappa shape index (κ3) is 5.65. The van der Waals surface area contributed by atoms with Crippen LogP contribution in [0.1, 0.15) is 69.9 Å². The van der Waals surface area contributed by atoms with E-state index in [2.05, 4.69) is 42.1 Å². The highest BCUT2D eigenvalue weighted by molar-refractivity contribution is 5.75. The van der Waals surface area contributed by atoms with E-state index in [0.29, 0.717) is 12.5 Å². The number of aliphatic hydroxyl groups is 1. The molecule has 1 heterocycles. The van der Waals surface area contributed by atoms with Crippen molar-refractivity contribution in [3.05, 3.63) is 101 Å². The molecular weight excluding hydrogens is 515 g/mol. The van der Waals surface area contributed by atoms with E-state index in [4.69, 9.17) is 0 Å².